The SMILES string of the molecule is c1ccc(-c2ccccc2-c2nc(-c3nccc4ccccc34)c3ccccc3n2)cc1. The van der Waals surface area contributed by atoms with E-state index in [-0.39, 0.29) is 0 Å². The van der Waals surface area contributed by atoms with E-state index in [9.17, 15) is 0 Å². The minimum atomic E-state index is 0.702. The predicted molar refractivity (Wildman–Crippen MR) is 131 cm³/mol. The van der Waals surface area contributed by atoms with E-state index in [0.717, 1.165) is 49.8 Å². The van der Waals surface area contributed by atoms with Gasteiger partial charge in [0.2, 0.25) is 0 Å². The number of nitrogens with zero attached hydrogens (tertiary/aromatic N) is 3. The van der Waals surface area contributed by atoms with Gasteiger partial charge in [-0.1, -0.05) is 97.1 Å². The van der Waals surface area contributed by atoms with Crippen LogP contribution in [0.5, 0.6) is 0 Å². The summed E-state index contributed by atoms with van der Waals surface area (Å²) >= 11 is 0. The van der Waals surface area contributed by atoms with Gasteiger partial charge in [-0.15, -0.1) is 0 Å². The second kappa shape index (κ2) is 7.71. The van der Waals surface area contributed by atoms with E-state index in [0.29, 0.717) is 5.82 Å². The van der Waals surface area contributed by atoms with E-state index < -0.39 is 0 Å². The molecular formula is C29H19N3. The summed E-state index contributed by atoms with van der Waals surface area (Å²) in [4.78, 5) is 14.8. The third-order valence-electron chi connectivity index (χ3n) is 5.75. The molecule has 32 heavy (non-hydrogen) atoms. The van der Waals surface area contributed by atoms with Crippen molar-refractivity contribution in [2.75, 3.05) is 0 Å². The van der Waals surface area contributed by atoms with Crippen LogP contribution in [0.2, 0.25) is 0 Å². The highest BCUT2D eigenvalue weighted by molar-refractivity contribution is 6.02. The van der Waals surface area contributed by atoms with Crippen LogP contribution in [0, 0.1) is 0 Å². The zero-order valence-electron chi connectivity index (χ0n) is 17.3. The Kier molecular flexibility index (Phi) is 4.43. The third-order valence-corrected chi connectivity index (χ3v) is 5.75. The lowest BCUT2D eigenvalue weighted by molar-refractivity contribution is 1.21. The fourth-order valence-electron chi connectivity index (χ4n) is 4.23. The highest BCUT2D eigenvalue weighted by atomic mass is 14.9. The molecule has 6 rings (SSSR count). The zero-order chi connectivity index (χ0) is 21.3. The van der Waals surface area contributed by atoms with Crippen molar-refractivity contribution in [3.05, 3.63) is 115 Å². The number of pyridine rings is 1. The van der Waals surface area contributed by atoms with Gasteiger partial charge in [0, 0.05) is 22.5 Å². The largest absolute Gasteiger partial charge is 0.254 e. The Morgan fingerprint density at radius 3 is 2.03 bits per heavy atom. The quantitative estimate of drug-likeness (QED) is 0.311. The van der Waals surface area contributed by atoms with Crippen LogP contribution in [0.1, 0.15) is 0 Å². The monoisotopic (exact) mass is 409 g/mol. The fourth-order valence-corrected chi connectivity index (χ4v) is 4.23. The van der Waals surface area contributed by atoms with Gasteiger partial charge in [0.1, 0.15) is 5.69 Å². The number of rotatable bonds is 3. The van der Waals surface area contributed by atoms with Gasteiger partial charge in [0.25, 0.3) is 0 Å². The lowest BCUT2D eigenvalue weighted by Crippen LogP contribution is -1.98. The molecule has 0 aliphatic rings. The van der Waals surface area contributed by atoms with Gasteiger partial charge in [0.15, 0.2) is 5.82 Å². The van der Waals surface area contributed by atoms with Crippen LogP contribution < -0.4 is 0 Å². The molecule has 150 valence electrons. The van der Waals surface area contributed by atoms with Gasteiger partial charge in [-0.2, -0.15) is 0 Å². The van der Waals surface area contributed by atoms with Crippen LogP contribution in [0.15, 0.2) is 115 Å². The first kappa shape index (κ1) is 18.4. The molecule has 4 aromatic carbocycles. The van der Waals surface area contributed by atoms with Crippen LogP contribution >= 0.6 is 0 Å². The van der Waals surface area contributed by atoms with Crippen molar-refractivity contribution in [1.82, 2.24) is 15.0 Å². The molecule has 6 aromatic rings. The average molecular weight is 409 g/mol. The summed E-state index contributed by atoms with van der Waals surface area (Å²) in [5.74, 6) is 0.702. The van der Waals surface area contributed by atoms with E-state index >= 15 is 0 Å². The number of hydrogen-bond acceptors (Lipinski definition) is 3. The lowest BCUT2D eigenvalue weighted by Gasteiger charge is -2.13. The Balaban J connectivity index is 1.66. The molecule has 3 nitrogen and oxygen atoms in total. The summed E-state index contributed by atoms with van der Waals surface area (Å²) in [7, 11) is 0. The highest BCUT2D eigenvalue weighted by Gasteiger charge is 2.16. The summed E-state index contributed by atoms with van der Waals surface area (Å²) in [5, 5.41) is 3.23. The standard InChI is InChI=1S/C29H19N3/c1-2-10-20(11-3-1)22-13-6-7-15-24(22)29-31-26-17-9-8-16-25(26)28(32-29)27-23-14-5-4-12-21(23)18-19-30-27/h1-19H. The second-order valence-corrected chi connectivity index (χ2v) is 7.71. The third kappa shape index (κ3) is 3.12. The summed E-state index contributed by atoms with van der Waals surface area (Å²) in [6.07, 6.45) is 1.85. The van der Waals surface area contributed by atoms with Crippen molar-refractivity contribution >= 4 is 21.7 Å². The second-order valence-electron chi connectivity index (χ2n) is 7.71. The Hall–Kier alpha value is -4.37. The molecule has 0 bridgehead atoms. The zero-order valence-corrected chi connectivity index (χ0v) is 17.3. The van der Waals surface area contributed by atoms with Crippen molar-refractivity contribution < 1.29 is 0 Å². The summed E-state index contributed by atoms with van der Waals surface area (Å²) in [6, 6.07) is 37.2. The van der Waals surface area contributed by atoms with Crippen LogP contribution in [-0.2, 0) is 0 Å². The number of aromatic nitrogens is 3. The Bertz CT molecular complexity index is 1570. The molecule has 0 amide bonds. The Labute approximate surface area is 186 Å². The number of para-hydroxylation sites is 1. The molecule has 0 aliphatic carbocycles. The number of hydrogen-bond donors (Lipinski definition) is 0. The van der Waals surface area contributed by atoms with Crippen LogP contribution in [0.3, 0.4) is 0 Å². The normalized spacial score (nSPS) is 11.1. The summed E-state index contributed by atoms with van der Waals surface area (Å²) in [5.41, 5.74) is 5.89. The molecule has 2 aromatic heterocycles. The molecule has 3 heteroatoms. The molecule has 0 saturated carbocycles. The van der Waals surface area contributed by atoms with Crippen molar-refractivity contribution in [1.29, 1.82) is 0 Å². The Morgan fingerprint density at radius 1 is 0.469 bits per heavy atom. The maximum absolute atomic E-state index is 5.10. The van der Waals surface area contributed by atoms with Crippen LogP contribution in [0.25, 0.3) is 55.6 Å². The average Bonchev–Trinajstić information content (AvgIpc) is 2.88. The van der Waals surface area contributed by atoms with E-state index in [4.69, 9.17) is 15.0 Å². The maximum Gasteiger partial charge on any atom is 0.161 e. The first-order valence-corrected chi connectivity index (χ1v) is 10.6. The van der Waals surface area contributed by atoms with E-state index in [1.54, 1.807) is 0 Å². The van der Waals surface area contributed by atoms with Gasteiger partial charge < -0.3 is 0 Å². The first-order chi connectivity index (χ1) is 15.9. The minimum Gasteiger partial charge on any atom is -0.254 e. The van der Waals surface area contributed by atoms with Crippen LogP contribution in [-0.4, -0.2) is 15.0 Å². The molecule has 0 atom stereocenters. The van der Waals surface area contributed by atoms with Crippen molar-refractivity contribution in [3.8, 4) is 33.9 Å². The summed E-state index contributed by atoms with van der Waals surface area (Å²) < 4.78 is 0. The molecule has 0 fully saturated rings. The molecule has 2 heterocycles. The molecular weight excluding hydrogens is 390 g/mol. The lowest BCUT2D eigenvalue weighted by atomic mass is 9.98. The number of benzene rings is 4. The van der Waals surface area contributed by atoms with Crippen molar-refractivity contribution in [2.45, 2.75) is 0 Å². The smallest absolute Gasteiger partial charge is 0.161 e. The van der Waals surface area contributed by atoms with Gasteiger partial charge in [-0.05, 0) is 28.6 Å². The highest BCUT2D eigenvalue weighted by Crippen LogP contribution is 2.35. The molecule has 0 saturated heterocycles. The maximum atomic E-state index is 5.10. The van der Waals surface area contributed by atoms with E-state index in [2.05, 4.69) is 60.7 Å². The first-order valence-electron chi connectivity index (χ1n) is 10.6. The molecule has 0 aliphatic heterocycles. The number of fused-ring (bicyclic) bond motifs is 2. The van der Waals surface area contributed by atoms with Crippen molar-refractivity contribution in [3.63, 3.8) is 0 Å². The van der Waals surface area contributed by atoms with Gasteiger partial charge >= 0.3 is 0 Å². The molecule has 0 radical (unpaired) electrons. The van der Waals surface area contributed by atoms with Crippen molar-refractivity contribution in [2.24, 2.45) is 0 Å². The topological polar surface area (TPSA) is 38.7 Å². The van der Waals surface area contributed by atoms with Gasteiger partial charge in [-0.25, -0.2) is 9.97 Å². The fraction of sp³-hybridized carbons (Fsp3) is 0. The molecule has 0 spiro atoms. The van der Waals surface area contributed by atoms with Crippen LogP contribution in [0.4, 0.5) is 0 Å². The minimum absolute atomic E-state index is 0.702. The predicted octanol–water partition coefficient (Wildman–Crippen LogP) is 7.18. The Morgan fingerprint density at radius 2 is 1.16 bits per heavy atom. The molecule has 0 unspecified atom stereocenters. The summed E-state index contributed by atoms with van der Waals surface area (Å²) in [6.45, 7) is 0. The van der Waals surface area contributed by atoms with Gasteiger partial charge in [-0.3, -0.25) is 4.98 Å². The van der Waals surface area contributed by atoms with E-state index in [1.807, 2.05) is 54.7 Å². The van der Waals surface area contributed by atoms with Gasteiger partial charge in [0.05, 0.1) is 11.2 Å². The van der Waals surface area contributed by atoms with E-state index in [1.165, 1.54) is 0 Å². The molecule has 0 N–H and O–H groups in total.